The van der Waals surface area contributed by atoms with Gasteiger partial charge in [-0.15, -0.1) is 0 Å². The van der Waals surface area contributed by atoms with Crippen LogP contribution in [-0.4, -0.2) is 67.5 Å². The number of carbonyl (C=O) groups is 1. The van der Waals surface area contributed by atoms with Crippen molar-refractivity contribution < 1.29 is 13.2 Å². The SMILES string of the molecule is CS(=O)(=O)NC1CCN(C(=O)Cn2nccc2C2CCCNC2)CC1. The number of nitrogens with one attached hydrogen (secondary N) is 2. The van der Waals surface area contributed by atoms with E-state index < -0.39 is 10.0 Å². The van der Waals surface area contributed by atoms with Gasteiger partial charge in [0.15, 0.2) is 0 Å². The zero-order valence-electron chi connectivity index (χ0n) is 14.6. The average Bonchev–Trinajstić information content (AvgIpc) is 3.03. The van der Waals surface area contributed by atoms with Crippen LogP contribution in [0.25, 0.3) is 0 Å². The molecule has 2 aliphatic heterocycles. The Balaban J connectivity index is 1.54. The van der Waals surface area contributed by atoms with Gasteiger partial charge in [-0.3, -0.25) is 9.48 Å². The highest BCUT2D eigenvalue weighted by atomic mass is 32.2. The first-order valence-corrected chi connectivity index (χ1v) is 10.8. The van der Waals surface area contributed by atoms with Gasteiger partial charge in [0.1, 0.15) is 6.54 Å². The Kier molecular flexibility index (Phi) is 5.75. The molecule has 140 valence electrons. The van der Waals surface area contributed by atoms with Crippen LogP contribution in [0, 0.1) is 0 Å². The number of amides is 1. The van der Waals surface area contributed by atoms with Crippen molar-refractivity contribution in [3.8, 4) is 0 Å². The van der Waals surface area contributed by atoms with E-state index in [4.69, 9.17) is 0 Å². The molecule has 25 heavy (non-hydrogen) atoms. The Morgan fingerprint density at radius 2 is 2.12 bits per heavy atom. The minimum Gasteiger partial charge on any atom is -0.341 e. The van der Waals surface area contributed by atoms with E-state index in [1.807, 2.05) is 15.6 Å². The van der Waals surface area contributed by atoms with Gasteiger partial charge in [-0.05, 0) is 38.3 Å². The molecular weight excluding hydrogens is 342 g/mol. The minimum atomic E-state index is -3.19. The molecule has 0 spiro atoms. The summed E-state index contributed by atoms with van der Waals surface area (Å²) in [6.07, 6.45) is 6.50. The molecule has 0 saturated carbocycles. The van der Waals surface area contributed by atoms with E-state index >= 15 is 0 Å². The first-order valence-electron chi connectivity index (χ1n) is 8.90. The maximum atomic E-state index is 12.6. The van der Waals surface area contributed by atoms with Gasteiger partial charge in [0.2, 0.25) is 15.9 Å². The summed E-state index contributed by atoms with van der Waals surface area (Å²) in [6, 6.07) is 1.93. The highest BCUT2D eigenvalue weighted by Gasteiger charge is 2.26. The molecule has 1 atom stereocenters. The predicted octanol–water partition coefficient (Wildman–Crippen LogP) is -0.110. The maximum absolute atomic E-state index is 12.6. The van der Waals surface area contributed by atoms with Crippen LogP contribution in [0.2, 0.25) is 0 Å². The van der Waals surface area contributed by atoms with Gasteiger partial charge in [0.05, 0.1) is 6.26 Å². The van der Waals surface area contributed by atoms with Crippen molar-refractivity contribution in [2.45, 2.75) is 44.2 Å². The van der Waals surface area contributed by atoms with Gasteiger partial charge in [-0.2, -0.15) is 5.10 Å². The molecule has 2 fully saturated rings. The fourth-order valence-corrected chi connectivity index (χ4v) is 4.54. The van der Waals surface area contributed by atoms with Gasteiger partial charge in [0, 0.05) is 43.5 Å². The molecule has 0 bridgehead atoms. The van der Waals surface area contributed by atoms with Gasteiger partial charge in [0.25, 0.3) is 0 Å². The van der Waals surface area contributed by atoms with Crippen molar-refractivity contribution in [1.82, 2.24) is 24.7 Å². The smallest absolute Gasteiger partial charge is 0.244 e. The third kappa shape index (κ3) is 5.02. The largest absolute Gasteiger partial charge is 0.341 e. The molecular formula is C16H27N5O3S. The summed E-state index contributed by atoms with van der Waals surface area (Å²) in [4.78, 5) is 14.4. The van der Waals surface area contributed by atoms with Gasteiger partial charge in [-0.1, -0.05) is 0 Å². The fraction of sp³-hybridized carbons (Fsp3) is 0.750. The molecule has 2 aliphatic rings. The molecule has 0 radical (unpaired) electrons. The van der Waals surface area contributed by atoms with E-state index in [0.29, 0.717) is 31.8 Å². The standard InChI is InChI=1S/C16H27N5O3S/c1-25(23,24)19-14-5-9-20(10-6-14)16(22)12-21-15(4-8-18-21)13-3-2-7-17-11-13/h4,8,13-14,17,19H,2-3,5-7,9-12H2,1H3. The van der Waals surface area contributed by atoms with Crippen LogP contribution in [-0.2, 0) is 21.4 Å². The Hall–Kier alpha value is -1.45. The van der Waals surface area contributed by atoms with Crippen LogP contribution in [0.3, 0.4) is 0 Å². The molecule has 3 rings (SSSR count). The van der Waals surface area contributed by atoms with Gasteiger partial charge in [-0.25, -0.2) is 13.1 Å². The molecule has 1 unspecified atom stereocenters. The number of carbonyl (C=O) groups excluding carboxylic acids is 1. The van der Waals surface area contributed by atoms with E-state index in [0.717, 1.165) is 31.6 Å². The van der Waals surface area contributed by atoms with Crippen molar-refractivity contribution in [3.63, 3.8) is 0 Å². The molecule has 1 aromatic rings. The number of hydrogen-bond acceptors (Lipinski definition) is 5. The van der Waals surface area contributed by atoms with E-state index in [-0.39, 0.29) is 18.5 Å². The number of nitrogens with zero attached hydrogens (tertiary/aromatic N) is 3. The number of likely N-dealkylation sites (tertiary alicyclic amines) is 1. The summed E-state index contributed by atoms with van der Waals surface area (Å²) in [5.41, 5.74) is 1.12. The van der Waals surface area contributed by atoms with Gasteiger partial charge >= 0.3 is 0 Å². The molecule has 1 aromatic heterocycles. The quantitative estimate of drug-likeness (QED) is 0.755. The van der Waals surface area contributed by atoms with Crippen LogP contribution in [0.1, 0.15) is 37.3 Å². The lowest BCUT2D eigenvalue weighted by Crippen LogP contribution is -2.47. The van der Waals surface area contributed by atoms with Crippen LogP contribution < -0.4 is 10.0 Å². The Labute approximate surface area is 149 Å². The highest BCUT2D eigenvalue weighted by Crippen LogP contribution is 2.23. The van der Waals surface area contributed by atoms with Crippen molar-refractivity contribution in [2.75, 3.05) is 32.4 Å². The lowest BCUT2D eigenvalue weighted by Gasteiger charge is -2.32. The molecule has 3 heterocycles. The summed E-state index contributed by atoms with van der Waals surface area (Å²) < 4.78 is 27.1. The van der Waals surface area contributed by atoms with Crippen molar-refractivity contribution in [2.24, 2.45) is 0 Å². The number of sulfonamides is 1. The second kappa shape index (κ2) is 7.84. The first-order chi connectivity index (χ1) is 11.9. The fourth-order valence-electron chi connectivity index (χ4n) is 3.70. The monoisotopic (exact) mass is 369 g/mol. The Bertz CT molecular complexity index is 688. The number of piperidine rings is 2. The lowest BCUT2D eigenvalue weighted by molar-refractivity contribution is -0.133. The van der Waals surface area contributed by atoms with E-state index in [9.17, 15) is 13.2 Å². The molecule has 2 saturated heterocycles. The summed E-state index contributed by atoms with van der Waals surface area (Å²) in [5.74, 6) is 0.459. The molecule has 2 N–H and O–H groups in total. The molecule has 1 amide bonds. The first kappa shape index (κ1) is 18.3. The normalized spacial score (nSPS) is 22.9. The summed E-state index contributed by atoms with van der Waals surface area (Å²) in [5, 5.41) is 7.74. The third-order valence-corrected chi connectivity index (χ3v) is 5.74. The summed E-state index contributed by atoms with van der Waals surface area (Å²) in [7, 11) is -3.19. The second-order valence-corrected chi connectivity index (χ2v) is 8.78. The number of aromatic nitrogens is 2. The Morgan fingerprint density at radius 1 is 1.36 bits per heavy atom. The van der Waals surface area contributed by atoms with Crippen LogP contribution in [0.4, 0.5) is 0 Å². The van der Waals surface area contributed by atoms with Crippen molar-refractivity contribution in [3.05, 3.63) is 18.0 Å². The van der Waals surface area contributed by atoms with Crippen LogP contribution in [0.5, 0.6) is 0 Å². The van der Waals surface area contributed by atoms with E-state index in [1.54, 1.807) is 6.20 Å². The van der Waals surface area contributed by atoms with E-state index in [1.165, 1.54) is 6.26 Å². The predicted molar refractivity (Wildman–Crippen MR) is 94.7 cm³/mol. The number of rotatable bonds is 5. The topological polar surface area (TPSA) is 96.3 Å². The molecule has 0 aliphatic carbocycles. The van der Waals surface area contributed by atoms with Gasteiger partial charge < -0.3 is 10.2 Å². The van der Waals surface area contributed by atoms with Crippen LogP contribution >= 0.6 is 0 Å². The molecule has 0 aromatic carbocycles. The lowest BCUT2D eigenvalue weighted by atomic mass is 9.96. The highest BCUT2D eigenvalue weighted by molar-refractivity contribution is 7.88. The second-order valence-electron chi connectivity index (χ2n) is 7.00. The van der Waals surface area contributed by atoms with E-state index in [2.05, 4.69) is 15.1 Å². The van der Waals surface area contributed by atoms with Crippen molar-refractivity contribution in [1.29, 1.82) is 0 Å². The average molecular weight is 369 g/mol. The summed E-state index contributed by atoms with van der Waals surface area (Å²) >= 11 is 0. The third-order valence-electron chi connectivity index (χ3n) is 4.98. The minimum absolute atomic E-state index is 0.0477. The Morgan fingerprint density at radius 3 is 2.76 bits per heavy atom. The summed E-state index contributed by atoms with van der Waals surface area (Å²) in [6.45, 7) is 3.40. The molecule has 8 nitrogen and oxygen atoms in total. The van der Waals surface area contributed by atoms with Crippen LogP contribution in [0.15, 0.2) is 12.3 Å². The maximum Gasteiger partial charge on any atom is 0.244 e. The number of hydrogen-bond donors (Lipinski definition) is 2. The zero-order chi connectivity index (χ0) is 17.9. The molecule has 9 heteroatoms. The van der Waals surface area contributed by atoms with Crippen molar-refractivity contribution >= 4 is 15.9 Å². The zero-order valence-corrected chi connectivity index (χ0v) is 15.5.